The van der Waals surface area contributed by atoms with Crippen LogP contribution in [-0.2, 0) is 16.2 Å². The highest BCUT2D eigenvalue weighted by molar-refractivity contribution is 9.10. The molecule has 0 aromatic heterocycles. The van der Waals surface area contributed by atoms with Crippen LogP contribution in [0.25, 0.3) is 16.8 Å². The van der Waals surface area contributed by atoms with Crippen molar-refractivity contribution >= 4 is 78.9 Å². The Morgan fingerprint density at radius 3 is 2.66 bits per heavy atom. The Bertz CT molecular complexity index is 1730. The van der Waals surface area contributed by atoms with E-state index in [-0.39, 0.29) is 15.6 Å². The van der Waals surface area contributed by atoms with Crippen LogP contribution in [0.2, 0.25) is 5.02 Å². The Morgan fingerprint density at radius 1 is 1.10 bits per heavy atom. The van der Waals surface area contributed by atoms with Gasteiger partial charge in [-0.3, -0.25) is 19.3 Å². The molecule has 1 saturated heterocycles. The van der Waals surface area contributed by atoms with E-state index in [1.54, 1.807) is 18.2 Å². The van der Waals surface area contributed by atoms with Gasteiger partial charge in [0.15, 0.2) is 11.5 Å². The van der Waals surface area contributed by atoms with E-state index in [1.165, 1.54) is 19.2 Å². The van der Waals surface area contributed by atoms with Gasteiger partial charge in [-0.15, -0.1) is 0 Å². The number of fused-ring (bicyclic) bond motifs is 1. The van der Waals surface area contributed by atoms with Gasteiger partial charge in [-0.05, 0) is 86.0 Å². The van der Waals surface area contributed by atoms with Gasteiger partial charge in [0.05, 0.1) is 21.5 Å². The van der Waals surface area contributed by atoms with Crippen molar-refractivity contribution in [3.8, 4) is 11.5 Å². The number of halogens is 3. The number of benzene rings is 4. The lowest BCUT2D eigenvalue weighted by molar-refractivity contribution is -0.127. The summed E-state index contributed by atoms with van der Waals surface area (Å²) in [7, 11) is 1.51. The van der Waals surface area contributed by atoms with Crippen molar-refractivity contribution < 1.29 is 28.2 Å². The third-order valence-electron chi connectivity index (χ3n) is 6.18. The van der Waals surface area contributed by atoms with E-state index in [9.17, 15) is 18.8 Å². The van der Waals surface area contributed by atoms with Crippen LogP contribution in [0.4, 0.5) is 14.9 Å². The van der Waals surface area contributed by atoms with Crippen LogP contribution in [0.5, 0.6) is 11.5 Å². The molecule has 1 aliphatic rings. The second-order valence-electron chi connectivity index (χ2n) is 8.91. The molecule has 4 aromatic rings. The van der Waals surface area contributed by atoms with Crippen molar-refractivity contribution in [3.63, 3.8) is 0 Å². The lowest BCUT2D eigenvalue weighted by Crippen LogP contribution is -2.36. The first-order chi connectivity index (χ1) is 19.7. The van der Waals surface area contributed by atoms with E-state index in [2.05, 4.69) is 21.2 Å². The number of nitrogens with zero attached hydrogens (tertiary/aromatic N) is 1. The van der Waals surface area contributed by atoms with Crippen LogP contribution in [0.1, 0.15) is 11.1 Å². The zero-order valence-corrected chi connectivity index (χ0v) is 24.6. The predicted octanol–water partition coefficient (Wildman–Crippen LogP) is 7.66. The van der Waals surface area contributed by atoms with Crippen LogP contribution in [-0.4, -0.2) is 35.6 Å². The van der Waals surface area contributed by atoms with Crippen LogP contribution < -0.4 is 14.8 Å². The second kappa shape index (κ2) is 12.3. The number of rotatable bonds is 8. The van der Waals surface area contributed by atoms with Gasteiger partial charge in [-0.25, -0.2) is 4.39 Å². The Balaban J connectivity index is 1.30. The van der Waals surface area contributed by atoms with Gasteiger partial charge in [-0.2, -0.15) is 0 Å². The topological polar surface area (TPSA) is 84.9 Å². The molecule has 0 saturated carbocycles. The van der Waals surface area contributed by atoms with E-state index in [1.807, 2.05) is 42.5 Å². The Hall–Kier alpha value is -3.86. The highest BCUT2D eigenvalue weighted by Crippen LogP contribution is 2.40. The molecule has 0 unspecified atom stereocenters. The molecule has 0 bridgehead atoms. The van der Waals surface area contributed by atoms with Crippen LogP contribution >= 0.6 is 39.3 Å². The maximum absolute atomic E-state index is 13.4. The molecular weight excluding hydrogens is 635 g/mol. The maximum Gasteiger partial charge on any atom is 0.294 e. The van der Waals surface area contributed by atoms with Crippen molar-refractivity contribution in [1.82, 2.24) is 4.90 Å². The smallest absolute Gasteiger partial charge is 0.294 e. The number of hydrogen-bond donors (Lipinski definition) is 1. The van der Waals surface area contributed by atoms with Crippen molar-refractivity contribution in [3.05, 3.63) is 104 Å². The average Bonchev–Trinajstić information content (AvgIpc) is 3.21. The van der Waals surface area contributed by atoms with E-state index in [4.69, 9.17) is 21.1 Å². The number of carbonyl (C=O) groups is 3. The number of hydrogen-bond acceptors (Lipinski definition) is 6. The first-order valence-corrected chi connectivity index (χ1v) is 14.2. The molecular formula is C30H21BrClFN2O5S. The summed E-state index contributed by atoms with van der Waals surface area (Å²) in [6.07, 6.45) is 1.55. The van der Waals surface area contributed by atoms with Gasteiger partial charge in [-0.1, -0.05) is 54.1 Å². The minimum atomic E-state index is -0.631. The summed E-state index contributed by atoms with van der Waals surface area (Å²) in [6, 6.07) is 21.2. The molecule has 1 fully saturated rings. The molecule has 0 aliphatic carbocycles. The van der Waals surface area contributed by atoms with E-state index >= 15 is 0 Å². The van der Waals surface area contributed by atoms with Gasteiger partial charge in [0.1, 0.15) is 19.0 Å². The van der Waals surface area contributed by atoms with Gasteiger partial charge >= 0.3 is 0 Å². The fraction of sp³-hybridized carbons (Fsp3) is 0.100. The number of nitrogens with one attached hydrogen (secondary N) is 1. The van der Waals surface area contributed by atoms with Crippen LogP contribution in [0, 0.1) is 5.82 Å². The van der Waals surface area contributed by atoms with Crippen molar-refractivity contribution in [2.75, 3.05) is 19.0 Å². The van der Waals surface area contributed by atoms with Crippen molar-refractivity contribution in [2.24, 2.45) is 0 Å². The van der Waals surface area contributed by atoms with Gasteiger partial charge in [0.25, 0.3) is 11.1 Å². The second-order valence-corrected chi connectivity index (χ2v) is 11.2. The number of thioether (sulfide) groups is 1. The largest absolute Gasteiger partial charge is 0.493 e. The van der Waals surface area contributed by atoms with Crippen LogP contribution in [0.15, 0.2) is 82.2 Å². The number of anilines is 1. The quantitative estimate of drug-likeness (QED) is 0.196. The molecule has 0 atom stereocenters. The lowest BCUT2D eigenvalue weighted by atomic mass is 10.1. The first-order valence-electron chi connectivity index (χ1n) is 12.2. The minimum absolute atomic E-state index is 0.144. The molecule has 1 aliphatic heterocycles. The van der Waals surface area contributed by atoms with Gasteiger partial charge < -0.3 is 14.8 Å². The molecule has 41 heavy (non-hydrogen) atoms. The van der Waals surface area contributed by atoms with Crippen LogP contribution in [0.3, 0.4) is 0 Å². The number of amides is 3. The number of carbonyl (C=O) groups excluding carboxylic acids is 3. The monoisotopic (exact) mass is 654 g/mol. The highest BCUT2D eigenvalue weighted by atomic mass is 79.9. The summed E-state index contributed by atoms with van der Waals surface area (Å²) in [6.45, 7) is -0.203. The summed E-state index contributed by atoms with van der Waals surface area (Å²) in [5, 5.41) is 3.95. The number of ether oxygens (including phenoxy) is 2. The Morgan fingerprint density at radius 2 is 1.88 bits per heavy atom. The molecule has 1 heterocycles. The number of imide groups is 1. The number of methoxy groups -OCH3 is 1. The van der Waals surface area contributed by atoms with E-state index in [0.717, 1.165) is 39.1 Å². The van der Waals surface area contributed by atoms with Gasteiger partial charge in [0, 0.05) is 5.69 Å². The summed E-state index contributed by atoms with van der Waals surface area (Å²) in [5.41, 5.74) is 1.84. The normalized spacial score (nSPS) is 14.1. The lowest BCUT2D eigenvalue weighted by Gasteiger charge is -2.15. The summed E-state index contributed by atoms with van der Waals surface area (Å²) in [4.78, 5) is 39.0. The molecule has 0 spiro atoms. The maximum atomic E-state index is 13.4. The third-order valence-corrected chi connectivity index (χ3v) is 7.97. The van der Waals surface area contributed by atoms with E-state index < -0.39 is 29.4 Å². The fourth-order valence-corrected chi connectivity index (χ4v) is 5.83. The molecule has 11 heteroatoms. The summed E-state index contributed by atoms with van der Waals surface area (Å²) < 4.78 is 25.7. The van der Waals surface area contributed by atoms with Crippen molar-refractivity contribution in [2.45, 2.75) is 6.61 Å². The zero-order valence-electron chi connectivity index (χ0n) is 21.5. The summed E-state index contributed by atoms with van der Waals surface area (Å²) in [5.74, 6) is -0.953. The molecule has 3 amide bonds. The molecule has 1 N–H and O–H groups in total. The average molecular weight is 656 g/mol. The summed E-state index contributed by atoms with van der Waals surface area (Å²) >= 11 is 10.0. The zero-order chi connectivity index (χ0) is 29.1. The molecule has 0 radical (unpaired) electrons. The highest BCUT2D eigenvalue weighted by Gasteiger charge is 2.36. The van der Waals surface area contributed by atoms with Crippen molar-refractivity contribution in [1.29, 1.82) is 0 Å². The Labute approximate surface area is 252 Å². The van der Waals surface area contributed by atoms with E-state index in [0.29, 0.717) is 28.1 Å². The first kappa shape index (κ1) is 28.7. The molecule has 4 aromatic carbocycles. The molecule has 7 nitrogen and oxygen atoms in total. The van der Waals surface area contributed by atoms with Gasteiger partial charge in [0.2, 0.25) is 5.91 Å². The molecule has 5 rings (SSSR count). The fourth-order valence-electron chi connectivity index (χ4n) is 4.24. The predicted molar refractivity (Wildman–Crippen MR) is 162 cm³/mol. The standard InChI is InChI=1S/C30H21BrClFN2O5S/c1-39-25-12-17(11-22(31)28(25)40-16-19-7-4-6-18-5-2-3-8-21(18)19)13-26-29(37)35(30(38)41-26)15-27(36)34-20-9-10-24(33)23(32)14-20/h2-14H,15-16H2,1H3,(H,34,36)/b26-13+. The third kappa shape index (κ3) is 6.40. The SMILES string of the molecule is COc1cc(/C=C2/SC(=O)N(CC(=O)Nc3ccc(F)c(Cl)c3)C2=O)cc(Br)c1OCc1cccc2ccccc12. The Kier molecular flexibility index (Phi) is 8.63. The minimum Gasteiger partial charge on any atom is -0.493 e. The molecule has 208 valence electrons.